The minimum absolute atomic E-state index is 0.449. The number of ether oxygens (including phenoxy) is 2. The molecule has 0 bridgehead atoms. The second kappa shape index (κ2) is 6.60. The summed E-state index contributed by atoms with van der Waals surface area (Å²) in [4.78, 5) is 0. The first-order chi connectivity index (χ1) is 8.38. The fourth-order valence-electron chi connectivity index (χ4n) is 1.35. The topological polar surface area (TPSA) is 18.5 Å². The molecule has 0 radical (unpaired) electrons. The quantitative estimate of drug-likeness (QED) is 0.570. The lowest BCUT2D eigenvalue weighted by Gasteiger charge is -2.23. The smallest absolute Gasteiger partial charge is 0.414 e. The van der Waals surface area contributed by atoms with E-state index in [9.17, 15) is 13.2 Å². The van der Waals surface area contributed by atoms with E-state index in [4.69, 9.17) is 9.47 Å². The lowest BCUT2D eigenvalue weighted by atomic mass is 10.1. The molecule has 0 heterocycles. The van der Waals surface area contributed by atoms with Gasteiger partial charge in [-0.05, 0) is 24.6 Å². The highest BCUT2D eigenvalue weighted by Gasteiger charge is 2.38. The monoisotopic (exact) mass is 374 g/mol. The number of halogens is 4. The highest BCUT2D eigenvalue weighted by Crippen LogP contribution is 2.30. The van der Waals surface area contributed by atoms with Gasteiger partial charge in [-0.15, -0.1) is 0 Å². The fraction of sp³-hybridized carbons (Fsp3) is 0.500. The van der Waals surface area contributed by atoms with Crippen molar-refractivity contribution in [1.29, 1.82) is 0 Å². The molecule has 0 aromatic heterocycles. The first-order valence-electron chi connectivity index (χ1n) is 5.30. The molecule has 102 valence electrons. The number of alkyl halides is 4. The maximum atomic E-state index is 12.4. The summed E-state index contributed by atoms with van der Waals surface area (Å²) >= 11 is 2.01. The SMILES string of the molecule is COc1ccc(C(CI)OC(C)C(F)(F)F)cc1. The summed E-state index contributed by atoms with van der Waals surface area (Å²) in [6.45, 7) is 1.02. The van der Waals surface area contributed by atoms with E-state index in [0.29, 0.717) is 15.7 Å². The lowest BCUT2D eigenvalue weighted by molar-refractivity contribution is -0.225. The van der Waals surface area contributed by atoms with Crippen molar-refractivity contribution in [2.45, 2.75) is 25.3 Å². The molecule has 2 atom stereocenters. The number of benzene rings is 1. The van der Waals surface area contributed by atoms with E-state index >= 15 is 0 Å². The lowest BCUT2D eigenvalue weighted by Crippen LogP contribution is -2.30. The minimum Gasteiger partial charge on any atom is -0.497 e. The molecule has 0 aliphatic carbocycles. The Morgan fingerprint density at radius 2 is 1.78 bits per heavy atom. The van der Waals surface area contributed by atoms with Crippen molar-refractivity contribution in [3.63, 3.8) is 0 Å². The number of hydrogen-bond donors (Lipinski definition) is 0. The van der Waals surface area contributed by atoms with Crippen LogP contribution >= 0.6 is 22.6 Å². The van der Waals surface area contributed by atoms with Gasteiger partial charge in [0.2, 0.25) is 0 Å². The normalized spacial score (nSPS) is 15.2. The van der Waals surface area contributed by atoms with Crippen LogP contribution in [0.15, 0.2) is 24.3 Å². The van der Waals surface area contributed by atoms with E-state index < -0.39 is 18.4 Å². The maximum Gasteiger partial charge on any atom is 0.414 e. The van der Waals surface area contributed by atoms with E-state index in [-0.39, 0.29) is 0 Å². The molecule has 0 saturated heterocycles. The van der Waals surface area contributed by atoms with Crippen molar-refractivity contribution in [2.24, 2.45) is 0 Å². The summed E-state index contributed by atoms with van der Waals surface area (Å²) in [5, 5.41) is 0. The number of methoxy groups -OCH3 is 1. The van der Waals surface area contributed by atoms with Crippen LogP contribution in [-0.2, 0) is 4.74 Å². The van der Waals surface area contributed by atoms with E-state index in [1.54, 1.807) is 24.3 Å². The van der Waals surface area contributed by atoms with Crippen LogP contribution in [0.1, 0.15) is 18.6 Å². The van der Waals surface area contributed by atoms with Crippen molar-refractivity contribution in [3.8, 4) is 5.75 Å². The molecule has 1 aromatic carbocycles. The van der Waals surface area contributed by atoms with Gasteiger partial charge < -0.3 is 9.47 Å². The molecule has 0 aliphatic rings. The predicted octanol–water partition coefficient (Wildman–Crippen LogP) is 4.14. The van der Waals surface area contributed by atoms with Gasteiger partial charge >= 0.3 is 6.18 Å². The molecule has 2 nitrogen and oxygen atoms in total. The molecule has 0 fully saturated rings. The summed E-state index contributed by atoms with van der Waals surface area (Å²) in [5.74, 6) is 0.662. The largest absolute Gasteiger partial charge is 0.497 e. The van der Waals surface area contributed by atoms with E-state index in [2.05, 4.69) is 0 Å². The van der Waals surface area contributed by atoms with Crippen molar-refractivity contribution < 1.29 is 22.6 Å². The Balaban J connectivity index is 2.76. The first-order valence-corrected chi connectivity index (χ1v) is 6.83. The average molecular weight is 374 g/mol. The van der Waals surface area contributed by atoms with Crippen molar-refractivity contribution in [2.75, 3.05) is 11.5 Å². The molecular formula is C12H14F3IO2. The van der Waals surface area contributed by atoms with Gasteiger partial charge in [0.1, 0.15) is 5.75 Å². The van der Waals surface area contributed by atoms with Gasteiger partial charge in [0, 0.05) is 4.43 Å². The Morgan fingerprint density at radius 1 is 1.22 bits per heavy atom. The summed E-state index contributed by atoms with van der Waals surface area (Å²) < 4.78 is 47.8. The van der Waals surface area contributed by atoms with Crippen LogP contribution in [0.5, 0.6) is 5.75 Å². The molecule has 0 aliphatic heterocycles. The first kappa shape index (κ1) is 15.6. The van der Waals surface area contributed by atoms with Crippen LogP contribution in [-0.4, -0.2) is 23.8 Å². The number of hydrogen-bond acceptors (Lipinski definition) is 2. The van der Waals surface area contributed by atoms with Crippen molar-refractivity contribution in [1.82, 2.24) is 0 Å². The molecule has 0 N–H and O–H groups in total. The molecule has 1 rings (SSSR count). The second-order valence-electron chi connectivity index (χ2n) is 3.74. The second-order valence-corrected chi connectivity index (χ2v) is 4.62. The third kappa shape index (κ3) is 4.31. The minimum atomic E-state index is -4.34. The highest BCUT2D eigenvalue weighted by atomic mass is 127. The van der Waals surface area contributed by atoms with Gasteiger partial charge in [-0.3, -0.25) is 0 Å². The molecule has 0 amide bonds. The summed E-state index contributed by atoms with van der Waals surface area (Å²) in [5.41, 5.74) is 0.710. The van der Waals surface area contributed by atoms with E-state index in [1.807, 2.05) is 22.6 Å². The average Bonchev–Trinajstić information content (AvgIpc) is 2.34. The Bertz CT molecular complexity index is 365. The van der Waals surface area contributed by atoms with Crippen LogP contribution in [0.4, 0.5) is 13.2 Å². The summed E-state index contributed by atoms with van der Waals surface area (Å²) in [6.07, 6.45) is -6.69. The Hall–Kier alpha value is -0.500. The third-order valence-corrected chi connectivity index (χ3v) is 3.26. The van der Waals surface area contributed by atoms with Crippen LogP contribution in [0.2, 0.25) is 0 Å². The van der Waals surface area contributed by atoms with E-state index in [0.717, 1.165) is 6.92 Å². The van der Waals surface area contributed by atoms with Gasteiger partial charge in [0.25, 0.3) is 0 Å². The molecular weight excluding hydrogens is 360 g/mol. The molecule has 6 heteroatoms. The summed E-state index contributed by atoms with van der Waals surface area (Å²) in [7, 11) is 1.53. The summed E-state index contributed by atoms with van der Waals surface area (Å²) in [6, 6.07) is 6.84. The van der Waals surface area contributed by atoms with Crippen LogP contribution in [0.3, 0.4) is 0 Å². The molecule has 0 spiro atoms. The van der Waals surface area contributed by atoms with Gasteiger partial charge in [-0.2, -0.15) is 13.2 Å². The van der Waals surface area contributed by atoms with Gasteiger partial charge in [-0.1, -0.05) is 34.7 Å². The zero-order valence-electron chi connectivity index (χ0n) is 10.00. The molecule has 1 aromatic rings. The number of rotatable bonds is 5. The molecule has 0 saturated carbocycles. The fourth-order valence-corrected chi connectivity index (χ4v) is 2.06. The Morgan fingerprint density at radius 3 is 2.17 bits per heavy atom. The Kier molecular flexibility index (Phi) is 5.71. The van der Waals surface area contributed by atoms with Gasteiger partial charge in [0.05, 0.1) is 13.2 Å². The van der Waals surface area contributed by atoms with Crippen LogP contribution < -0.4 is 4.74 Å². The predicted molar refractivity (Wildman–Crippen MR) is 71.2 cm³/mol. The van der Waals surface area contributed by atoms with Gasteiger partial charge in [0.15, 0.2) is 6.10 Å². The maximum absolute atomic E-state index is 12.4. The highest BCUT2D eigenvalue weighted by molar-refractivity contribution is 14.1. The van der Waals surface area contributed by atoms with Gasteiger partial charge in [-0.25, -0.2) is 0 Å². The Labute approximate surface area is 118 Å². The van der Waals surface area contributed by atoms with Crippen molar-refractivity contribution >= 4 is 22.6 Å². The zero-order valence-corrected chi connectivity index (χ0v) is 12.2. The molecule has 18 heavy (non-hydrogen) atoms. The molecule has 2 unspecified atom stereocenters. The van der Waals surface area contributed by atoms with Crippen molar-refractivity contribution in [3.05, 3.63) is 29.8 Å². The third-order valence-electron chi connectivity index (χ3n) is 2.46. The van der Waals surface area contributed by atoms with E-state index in [1.165, 1.54) is 7.11 Å². The zero-order chi connectivity index (χ0) is 13.8. The van der Waals surface area contributed by atoms with Crippen LogP contribution in [0.25, 0.3) is 0 Å². The standard InChI is InChI=1S/C12H14F3IO2/c1-8(12(13,14)15)18-11(7-16)9-3-5-10(17-2)6-4-9/h3-6,8,11H,7H2,1-2H3. The van der Waals surface area contributed by atoms with Crippen LogP contribution in [0, 0.1) is 0 Å².